The number of rotatable bonds is 6. The van der Waals surface area contributed by atoms with E-state index in [-0.39, 0.29) is 12.5 Å². The van der Waals surface area contributed by atoms with Crippen molar-refractivity contribution in [3.63, 3.8) is 0 Å². The van der Waals surface area contributed by atoms with Gasteiger partial charge in [0.1, 0.15) is 6.61 Å². The predicted molar refractivity (Wildman–Crippen MR) is 53.8 cm³/mol. The largest absolute Gasteiger partial charge is 0.391 e. The van der Waals surface area contributed by atoms with Crippen LogP contribution in [0.15, 0.2) is 0 Å². The second-order valence-corrected chi connectivity index (χ2v) is 3.79. The second-order valence-electron chi connectivity index (χ2n) is 3.79. The smallest absolute Gasteiger partial charge is 0.246 e. The van der Waals surface area contributed by atoms with Crippen LogP contribution in [0.2, 0.25) is 0 Å². The van der Waals surface area contributed by atoms with Crippen molar-refractivity contribution in [3.8, 4) is 0 Å². The summed E-state index contributed by atoms with van der Waals surface area (Å²) < 4.78 is 4.95. The van der Waals surface area contributed by atoms with E-state index in [4.69, 9.17) is 10.5 Å². The molecule has 1 unspecified atom stereocenters. The Labute approximate surface area is 84.6 Å². The van der Waals surface area contributed by atoms with Crippen molar-refractivity contribution in [2.75, 3.05) is 19.8 Å². The summed E-state index contributed by atoms with van der Waals surface area (Å²) in [5, 5.41) is 12.0. The molecular formula is C9H20N2O3. The Balaban J connectivity index is 3.82. The Hall–Kier alpha value is -0.650. The average Bonchev–Trinajstić information content (AvgIpc) is 2.03. The first kappa shape index (κ1) is 13.4. The molecule has 4 N–H and O–H groups in total. The normalized spacial score (nSPS) is 13.8. The van der Waals surface area contributed by atoms with Crippen molar-refractivity contribution < 1.29 is 14.6 Å². The van der Waals surface area contributed by atoms with Gasteiger partial charge in [0.15, 0.2) is 0 Å². The monoisotopic (exact) mass is 204 g/mol. The molecule has 84 valence electrons. The molecule has 5 nitrogen and oxygen atoms in total. The van der Waals surface area contributed by atoms with Gasteiger partial charge < -0.3 is 20.9 Å². The molecule has 0 aromatic heterocycles. The molecule has 0 heterocycles. The number of carbonyl (C=O) groups is 1. The molecule has 0 aliphatic heterocycles. The molecule has 0 aliphatic rings. The standard InChI is InChI=1S/C9H20N2O3/c1-7(12)9(2,3)11-8(13)6-14-5-4-10/h7,12H,4-6,10H2,1-3H3,(H,11,13). The number of carbonyl (C=O) groups excluding carboxylic acids is 1. The summed E-state index contributed by atoms with van der Waals surface area (Å²) in [6.07, 6.45) is -0.610. The number of aliphatic hydroxyl groups is 1. The molecule has 14 heavy (non-hydrogen) atoms. The van der Waals surface area contributed by atoms with Crippen molar-refractivity contribution >= 4 is 5.91 Å². The average molecular weight is 204 g/mol. The molecule has 1 atom stereocenters. The minimum absolute atomic E-state index is 0.0205. The summed E-state index contributed by atoms with van der Waals surface area (Å²) in [6.45, 7) is 5.86. The summed E-state index contributed by atoms with van der Waals surface area (Å²) in [4.78, 5) is 11.2. The van der Waals surface area contributed by atoms with Crippen LogP contribution in [-0.2, 0) is 9.53 Å². The highest BCUT2D eigenvalue weighted by Gasteiger charge is 2.25. The molecule has 1 amide bonds. The van der Waals surface area contributed by atoms with Gasteiger partial charge in [-0.3, -0.25) is 4.79 Å². The van der Waals surface area contributed by atoms with E-state index in [0.717, 1.165) is 0 Å². The van der Waals surface area contributed by atoms with Crippen molar-refractivity contribution in [1.82, 2.24) is 5.32 Å². The summed E-state index contributed by atoms with van der Waals surface area (Å²) in [7, 11) is 0. The first-order valence-electron chi connectivity index (χ1n) is 4.67. The maximum Gasteiger partial charge on any atom is 0.246 e. The van der Waals surface area contributed by atoms with Crippen LogP contribution < -0.4 is 11.1 Å². The van der Waals surface area contributed by atoms with Crippen LogP contribution in [0.25, 0.3) is 0 Å². The van der Waals surface area contributed by atoms with Gasteiger partial charge in [-0.15, -0.1) is 0 Å². The Morgan fingerprint density at radius 3 is 2.64 bits per heavy atom. The van der Waals surface area contributed by atoms with E-state index in [2.05, 4.69) is 5.32 Å². The van der Waals surface area contributed by atoms with Crippen LogP contribution in [0.5, 0.6) is 0 Å². The van der Waals surface area contributed by atoms with Crippen LogP contribution in [-0.4, -0.2) is 42.4 Å². The highest BCUT2D eigenvalue weighted by Crippen LogP contribution is 2.07. The zero-order valence-corrected chi connectivity index (χ0v) is 9.04. The van der Waals surface area contributed by atoms with Crippen LogP contribution in [0, 0.1) is 0 Å². The minimum Gasteiger partial charge on any atom is -0.391 e. The van der Waals surface area contributed by atoms with Crippen molar-refractivity contribution in [3.05, 3.63) is 0 Å². The van der Waals surface area contributed by atoms with Crippen LogP contribution in [0.4, 0.5) is 0 Å². The molecule has 0 rings (SSSR count). The summed E-state index contributed by atoms with van der Waals surface area (Å²) in [5.74, 6) is -0.246. The van der Waals surface area contributed by atoms with Gasteiger partial charge in [0.25, 0.3) is 0 Å². The van der Waals surface area contributed by atoms with E-state index in [1.54, 1.807) is 20.8 Å². The van der Waals surface area contributed by atoms with E-state index in [9.17, 15) is 9.90 Å². The fourth-order valence-electron chi connectivity index (χ4n) is 0.748. The first-order valence-corrected chi connectivity index (χ1v) is 4.67. The van der Waals surface area contributed by atoms with Crippen LogP contribution in [0.3, 0.4) is 0 Å². The summed E-state index contributed by atoms with van der Waals surface area (Å²) in [6, 6.07) is 0. The first-order chi connectivity index (χ1) is 6.40. The van der Waals surface area contributed by atoms with Gasteiger partial charge in [-0.1, -0.05) is 0 Å². The van der Waals surface area contributed by atoms with Crippen LogP contribution in [0.1, 0.15) is 20.8 Å². The van der Waals surface area contributed by atoms with E-state index in [1.165, 1.54) is 0 Å². The number of hydrogen-bond donors (Lipinski definition) is 3. The lowest BCUT2D eigenvalue weighted by Gasteiger charge is -2.29. The lowest BCUT2D eigenvalue weighted by Crippen LogP contribution is -2.52. The SMILES string of the molecule is CC(O)C(C)(C)NC(=O)COCCN. The molecule has 0 radical (unpaired) electrons. The maximum atomic E-state index is 11.2. The lowest BCUT2D eigenvalue weighted by atomic mass is 9.99. The van der Waals surface area contributed by atoms with E-state index < -0.39 is 11.6 Å². The van der Waals surface area contributed by atoms with Gasteiger partial charge in [0.05, 0.1) is 18.2 Å². The third kappa shape index (κ3) is 5.16. The molecule has 0 fully saturated rings. The number of nitrogens with one attached hydrogen (secondary N) is 1. The molecule has 0 bridgehead atoms. The molecular weight excluding hydrogens is 184 g/mol. The third-order valence-electron chi connectivity index (χ3n) is 2.00. The number of aliphatic hydroxyl groups excluding tert-OH is 1. The maximum absolute atomic E-state index is 11.2. The van der Waals surface area contributed by atoms with Crippen molar-refractivity contribution in [2.45, 2.75) is 32.4 Å². The molecule has 0 aromatic rings. The predicted octanol–water partition coefficient (Wildman–Crippen LogP) is -0.763. The number of amides is 1. The highest BCUT2D eigenvalue weighted by molar-refractivity contribution is 5.78. The van der Waals surface area contributed by atoms with Gasteiger partial charge in [-0.25, -0.2) is 0 Å². The summed E-state index contributed by atoms with van der Waals surface area (Å²) in [5.41, 5.74) is 4.56. The Morgan fingerprint density at radius 1 is 1.64 bits per heavy atom. The Bertz CT molecular complexity index is 181. The van der Waals surface area contributed by atoms with E-state index in [0.29, 0.717) is 13.2 Å². The topological polar surface area (TPSA) is 84.6 Å². The highest BCUT2D eigenvalue weighted by atomic mass is 16.5. The lowest BCUT2D eigenvalue weighted by molar-refractivity contribution is -0.128. The quantitative estimate of drug-likeness (QED) is 0.496. The van der Waals surface area contributed by atoms with Gasteiger partial charge in [-0.2, -0.15) is 0 Å². The van der Waals surface area contributed by atoms with Gasteiger partial charge in [-0.05, 0) is 20.8 Å². The fraction of sp³-hybridized carbons (Fsp3) is 0.889. The number of nitrogens with two attached hydrogens (primary N) is 1. The molecule has 0 aromatic carbocycles. The Kier molecular flexibility index (Phi) is 5.68. The van der Waals surface area contributed by atoms with E-state index >= 15 is 0 Å². The van der Waals surface area contributed by atoms with Crippen LogP contribution >= 0.6 is 0 Å². The van der Waals surface area contributed by atoms with Gasteiger partial charge >= 0.3 is 0 Å². The number of ether oxygens (including phenoxy) is 1. The summed E-state index contributed by atoms with van der Waals surface area (Å²) >= 11 is 0. The molecule has 0 saturated carbocycles. The molecule has 0 saturated heterocycles. The molecule has 0 spiro atoms. The van der Waals surface area contributed by atoms with Crippen molar-refractivity contribution in [1.29, 1.82) is 0 Å². The number of hydrogen-bond acceptors (Lipinski definition) is 4. The third-order valence-corrected chi connectivity index (χ3v) is 2.00. The zero-order valence-electron chi connectivity index (χ0n) is 9.04. The van der Waals surface area contributed by atoms with Gasteiger partial charge in [0, 0.05) is 6.54 Å². The minimum atomic E-state index is -0.636. The molecule has 0 aliphatic carbocycles. The fourth-order valence-corrected chi connectivity index (χ4v) is 0.748. The van der Waals surface area contributed by atoms with E-state index in [1.807, 2.05) is 0 Å². The van der Waals surface area contributed by atoms with Gasteiger partial charge in [0.2, 0.25) is 5.91 Å². The zero-order chi connectivity index (χ0) is 11.2. The molecule has 5 heteroatoms. The second kappa shape index (κ2) is 5.95. The van der Waals surface area contributed by atoms with Crippen molar-refractivity contribution in [2.24, 2.45) is 5.73 Å². The Morgan fingerprint density at radius 2 is 2.21 bits per heavy atom.